The first-order valence-electron chi connectivity index (χ1n) is 6.00. The number of rotatable bonds is 5. The lowest BCUT2D eigenvalue weighted by Crippen LogP contribution is -2.30. The zero-order valence-corrected chi connectivity index (χ0v) is 10.7. The van der Waals surface area contributed by atoms with Crippen molar-refractivity contribution in [2.24, 2.45) is 0 Å². The third-order valence-corrected chi connectivity index (χ3v) is 2.43. The number of nitrogens with one attached hydrogen (secondary N) is 3. The number of benzene rings is 1. The van der Waals surface area contributed by atoms with Gasteiger partial charge in [-0.1, -0.05) is 25.1 Å². The highest BCUT2D eigenvalue weighted by Crippen LogP contribution is 2.15. The van der Waals surface area contributed by atoms with E-state index in [4.69, 9.17) is 0 Å². The predicted molar refractivity (Wildman–Crippen MR) is 71.5 cm³/mol. The zero-order valence-electron chi connectivity index (χ0n) is 10.7. The van der Waals surface area contributed by atoms with Crippen LogP contribution in [0.3, 0.4) is 0 Å². The van der Waals surface area contributed by atoms with E-state index in [2.05, 4.69) is 16.0 Å². The van der Waals surface area contributed by atoms with Crippen molar-refractivity contribution in [2.45, 2.75) is 19.8 Å². The molecular weight excluding hydrogens is 230 g/mol. The van der Waals surface area contributed by atoms with Crippen molar-refractivity contribution in [2.75, 3.05) is 18.9 Å². The van der Waals surface area contributed by atoms with Gasteiger partial charge in [0.15, 0.2) is 0 Å². The second-order valence-electron chi connectivity index (χ2n) is 3.89. The van der Waals surface area contributed by atoms with Crippen LogP contribution in [0, 0.1) is 0 Å². The zero-order chi connectivity index (χ0) is 13.4. The molecule has 0 heterocycles. The van der Waals surface area contributed by atoms with Crippen LogP contribution < -0.4 is 16.0 Å². The van der Waals surface area contributed by atoms with E-state index < -0.39 is 0 Å². The molecule has 1 aromatic carbocycles. The number of hydrogen-bond donors (Lipinski definition) is 3. The molecule has 0 fully saturated rings. The van der Waals surface area contributed by atoms with Crippen LogP contribution in [0.5, 0.6) is 0 Å². The van der Waals surface area contributed by atoms with Crippen molar-refractivity contribution in [3.8, 4) is 0 Å². The molecule has 3 N–H and O–H groups in total. The van der Waals surface area contributed by atoms with Gasteiger partial charge in [0, 0.05) is 19.3 Å². The number of hydrogen-bond acceptors (Lipinski definition) is 2. The lowest BCUT2D eigenvalue weighted by Gasteiger charge is -2.11. The van der Waals surface area contributed by atoms with Crippen molar-refractivity contribution in [1.29, 1.82) is 0 Å². The molecule has 3 amide bonds. The van der Waals surface area contributed by atoms with E-state index in [9.17, 15) is 9.59 Å². The maximum Gasteiger partial charge on any atom is 0.319 e. The quantitative estimate of drug-likeness (QED) is 0.740. The van der Waals surface area contributed by atoms with Gasteiger partial charge in [-0.15, -0.1) is 0 Å². The fourth-order valence-electron chi connectivity index (χ4n) is 1.46. The molecule has 0 aliphatic carbocycles. The normalized spacial score (nSPS) is 9.67. The Bertz CT molecular complexity index is 418. The number of carbonyl (C=O) groups excluding carboxylic acids is 2. The van der Waals surface area contributed by atoms with Crippen molar-refractivity contribution >= 4 is 17.6 Å². The molecule has 98 valence electrons. The first-order chi connectivity index (χ1) is 8.67. The first kappa shape index (κ1) is 14.0. The third-order valence-electron chi connectivity index (χ3n) is 2.43. The highest BCUT2D eigenvalue weighted by Gasteiger charge is 2.08. The van der Waals surface area contributed by atoms with Crippen LogP contribution in [0.2, 0.25) is 0 Å². The smallest absolute Gasteiger partial charge is 0.319 e. The average Bonchev–Trinajstić information content (AvgIpc) is 2.38. The van der Waals surface area contributed by atoms with E-state index in [1.165, 1.54) is 0 Å². The second-order valence-corrected chi connectivity index (χ2v) is 3.89. The SMILES string of the molecule is CCCNC(=O)Nc1ccccc1CC(=O)NC. The van der Waals surface area contributed by atoms with Crippen molar-refractivity contribution < 1.29 is 9.59 Å². The summed E-state index contributed by atoms with van der Waals surface area (Å²) in [5.74, 6) is -0.0850. The van der Waals surface area contributed by atoms with Crippen LogP contribution in [0.1, 0.15) is 18.9 Å². The third kappa shape index (κ3) is 4.45. The Morgan fingerprint density at radius 3 is 2.61 bits per heavy atom. The number of anilines is 1. The van der Waals surface area contributed by atoms with Crippen LogP contribution in [0.25, 0.3) is 0 Å². The fraction of sp³-hybridized carbons (Fsp3) is 0.385. The molecular formula is C13H19N3O2. The van der Waals surface area contributed by atoms with Crippen LogP contribution in [-0.4, -0.2) is 25.5 Å². The van der Waals surface area contributed by atoms with Gasteiger partial charge in [-0.05, 0) is 18.1 Å². The maximum atomic E-state index is 11.6. The molecule has 0 bridgehead atoms. The van der Waals surface area contributed by atoms with Gasteiger partial charge in [-0.3, -0.25) is 4.79 Å². The summed E-state index contributed by atoms with van der Waals surface area (Å²) in [6.45, 7) is 2.61. The predicted octanol–water partition coefficient (Wildman–Crippen LogP) is 1.51. The summed E-state index contributed by atoms with van der Waals surface area (Å²) in [7, 11) is 1.59. The number of amides is 3. The number of para-hydroxylation sites is 1. The maximum absolute atomic E-state index is 11.6. The summed E-state index contributed by atoms with van der Waals surface area (Å²) in [4.78, 5) is 22.9. The van der Waals surface area contributed by atoms with Gasteiger partial charge < -0.3 is 16.0 Å². The molecule has 1 rings (SSSR count). The van der Waals surface area contributed by atoms with Crippen LogP contribution in [0.15, 0.2) is 24.3 Å². The standard InChI is InChI=1S/C13H19N3O2/c1-3-8-15-13(18)16-11-7-5-4-6-10(11)9-12(17)14-2/h4-7H,3,8-9H2,1-2H3,(H,14,17)(H2,15,16,18). The molecule has 1 aromatic rings. The van der Waals surface area contributed by atoms with E-state index in [-0.39, 0.29) is 18.4 Å². The van der Waals surface area contributed by atoms with Gasteiger partial charge in [0.25, 0.3) is 0 Å². The minimum atomic E-state index is -0.249. The Morgan fingerprint density at radius 1 is 1.22 bits per heavy atom. The number of carbonyl (C=O) groups is 2. The van der Waals surface area contributed by atoms with Gasteiger partial charge in [-0.25, -0.2) is 4.79 Å². The highest BCUT2D eigenvalue weighted by atomic mass is 16.2. The van der Waals surface area contributed by atoms with Crippen molar-refractivity contribution in [3.63, 3.8) is 0 Å². The molecule has 5 nitrogen and oxygen atoms in total. The molecule has 0 aromatic heterocycles. The minimum absolute atomic E-state index is 0.0850. The van der Waals surface area contributed by atoms with Crippen LogP contribution in [-0.2, 0) is 11.2 Å². The molecule has 5 heteroatoms. The average molecular weight is 249 g/mol. The van der Waals surface area contributed by atoms with Crippen LogP contribution in [0.4, 0.5) is 10.5 Å². The molecule has 0 aliphatic rings. The summed E-state index contributed by atoms with van der Waals surface area (Å²) < 4.78 is 0. The van der Waals surface area contributed by atoms with Crippen molar-refractivity contribution in [1.82, 2.24) is 10.6 Å². The van der Waals surface area contributed by atoms with E-state index >= 15 is 0 Å². The van der Waals surface area contributed by atoms with Gasteiger partial charge >= 0.3 is 6.03 Å². The molecule has 0 unspecified atom stereocenters. The summed E-state index contributed by atoms with van der Waals surface area (Å²) in [5.41, 5.74) is 1.46. The Balaban J connectivity index is 2.69. The largest absolute Gasteiger partial charge is 0.359 e. The topological polar surface area (TPSA) is 70.2 Å². The summed E-state index contributed by atoms with van der Waals surface area (Å²) in [6.07, 6.45) is 1.13. The molecule has 0 radical (unpaired) electrons. The Kier molecular flexibility index (Phi) is 5.70. The summed E-state index contributed by atoms with van der Waals surface area (Å²) in [5, 5.41) is 8.03. The Morgan fingerprint density at radius 2 is 1.94 bits per heavy atom. The van der Waals surface area contributed by atoms with Gasteiger partial charge in [0.1, 0.15) is 0 Å². The highest BCUT2D eigenvalue weighted by molar-refractivity contribution is 5.91. The molecule has 0 saturated heterocycles. The Hall–Kier alpha value is -2.04. The van der Waals surface area contributed by atoms with Gasteiger partial charge in [0.2, 0.25) is 5.91 Å². The first-order valence-corrected chi connectivity index (χ1v) is 6.00. The van der Waals surface area contributed by atoms with E-state index in [0.717, 1.165) is 12.0 Å². The lowest BCUT2D eigenvalue weighted by molar-refractivity contribution is -0.119. The van der Waals surface area contributed by atoms with Crippen LogP contribution >= 0.6 is 0 Å². The monoisotopic (exact) mass is 249 g/mol. The Labute approximate surface area is 107 Å². The van der Waals surface area contributed by atoms with Gasteiger partial charge in [-0.2, -0.15) is 0 Å². The second kappa shape index (κ2) is 7.32. The molecule has 0 spiro atoms. The van der Waals surface area contributed by atoms with E-state index in [1.54, 1.807) is 13.1 Å². The molecule has 18 heavy (non-hydrogen) atoms. The molecule has 0 saturated carbocycles. The number of urea groups is 1. The van der Waals surface area contributed by atoms with Crippen molar-refractivity contribution in [3.05, 3.63) is 29.8 Å². The minimum Gasteiger partial charge on any atom is -0.359 e. The van der Waals surface area contributed by atoms with E-state index in [0.29, 0.717) is 12.2 Å². The van der Waals surface area contributed by atoms with Gasteiger partial charge in [0.05, 0.1) is 6.42 Å². The molecule has 0 aliphatic heterocycles. The summed E-state index contributed by atoms with van der Waals surface area (Å²) in [6, 6.07) is 7.02. The fourth-order valence-corrected chi connectivity index (χ4v) is 1.46. The summed E-state index contributed by atoms with van der Waals surface area (Å²) >= 11 is 0. The lowest BCUT2D eigenvalue weighted by atomic mass is 10.1. The molecule has 0 atom stereocenters. The van der Waals surface area contributed by atoms with E-state index in [1.807, 2.05) is 25.1 Å². The number of likely N-dealkylation sites (N-methyl/N-ethyl adjacent to an activating group) is 1.